The summed E-state index contributed by atoms with van der Waals surface area (Å²) in [5.74, 6) is 0.247. The van der Waals surface area contributed by atoms with Crippen molar-refractivity contribution in [2.45, 2.75) is 47.6 Å². The maximum Gasteiger partial charge on any atom is 0.257 e. The number of nitrogens with zero attached hydrogens (tertiary/aromatic N) is 3. The van der Waals surface area contributed by atoms with Crippen LogP contribution in [0.5, 0.6) is 0 Å². The maximum absolute atomic E-state index is 12.7. The number of carbonyl (C=O) groups is 1. The summed E-state index contributed by atoms with van der Waals surface area (Å²) in [7, 11) is 0. The number of amides is 1. The zero-order chi connectivity index (χ0) is 22.4. The minimum Gasteiger partial charge on any atom is -0.326 e. The molecule has 0 aliphatic heterocycles. The van der Waals surface area contributed by atoms with Gasteiger partial charge in [0, 0.05) is 30.0 Å². The Balaban J connectivity index is 1.77. The summed E-state index contributed by atoms with van der Waals surface area (Å²) in [6.45, 7) is 11.6. The Kier molecular flexibility index (Phi) is 7.23. The fraction of sp³-hybridized carbons (Fsp3) is 0.320. The first-order chi connectivity index (χ1) is 14.9. The van der Waals surface area contributed by atoms with Crippen molar-refractivity contribution in [1.82, 2.24) is 15.1 Å². The van der Waals surface area contributed by atoms with Crippen molar-refractivity contribution in [3.05, 3.63) is 82.2 Å². The van der Waals surface area contributed by atoms with E-state index in [0.717, 1.165) is 29.9 Å². The van der Waals surface area contributed by atoms with E-state index in [9.17, 15) is 4.79 Å². The number of hydrogen-bond acceptors (Lipinski definition) is 3. The molecule has 0 saturated carbocycles. The normalized spacial score (nSPS) is 11.5. The van der Waals surface area contributed by atoms with Crippen molar-refractivity contribution in [3.8, 4) is 0 Å². The van der Waals surface area contributed by atoms with Gasteiger partial charge >= 0.3 is 0 Å². The molecule has 2 aromatic carbocycles. The Morgan fingerprint density at radius 3 is 2.16 bits per heavy atom. The third-order valence-corrected chi connectivity index (χ3v) is 5.32. The van der Waals surface area contributed by atoms with Crippen LogP contribution in [0.15, 0.2) is 53.5 Å². The SMILES string of the molecule is CCn1nc(C)c(CCN=C(NC(=O)c2ccc(C)cc2)Nc2ccc(C)cc2)c1C. The number of aromatic nitrogens is 2. The number of aliphatic imine (C=N–C) groups is 1. The maximum atomic E-state index is 12.7. The van der Waals surface area contributed by atoms with Gasteiger partial charge in [0.15, 0.2) is 0 Å². The number of nitrogens with one attached hydrogen (secondary N) is 2. The Bertz CT molecular complexity index is 1060. The minimum absolute atomic E-state index is 0.190. The molecule has 0 bridgehead atoms. The standard InChI is InChI=1S/C25H31N5O/c1-6-30-20(5)23(19(4)29-30)15-16-26-25(27-22-13-9-18(3)10-14-22)28-24(31)21-11-7-17(2)8-12-21/h7-14H,6,15-16H2,1-5H3,(H2,26,27,28,31). The lowest BCUT2D eigenvalue weighted by Gasteiger charge is -2.12. The number of rotatable bonds is 6. The van der Waals surface area contributed by atoms with Gasteiger partial charge in [-0.15, -0.1) is 0 Å². The molecule has 1 heterocycles. The van der Waals surface area contributed by atoms with Crippen LogP contribution < -0.4 is 10.6 Å². The summed E-state index contributed by atoms with van der Waals surface area (Å²) in [6, 6.07) is 15.5. The summed E-state index contributed by atoms with van der Waals surface area (Å²) in [6.07, 6.45) is 0.761. The monoisotopic (exact) mass is 417 g/mol. The zero-order valence-corrected chi connectivity index (χ0v) is 19.0. The Labute approximate surface area is 184 Å². The molecular formula is C25H31N5O. The van der Waals surface area contributed by atoms with Crippen molar-refractivity contribution in [2.75, 3.05) is 11.9 Å². The largest absolute Gasteiger partial charge is 0.326 e. The van der Waals surface area contributed by atoms with Crippen LogP contribution in [0.4, 0.5) is 5.69 Å². The van der Waals surface area contributed by atoms with Crippen LogP contribution in [0.3, 0.4) is 0 Å². The molecule has 0 aliphatic carbocycles. The van der Waals surface area contributed by atoms with Gasteiger partial charge in [-0.05, 0) is 70.9 Å². The number of guanidine groups is 1. The van der Waals surface area contributed by atoms with Crippen molar-refractivity contribution >= 4 is 17.6 Å². The van der Waals surface area contributed by atoms with Gasteiger partial charge in [-0.25, -0.2) is 0 Å². The van der Waals surface area contributed by atoms with E-state index in [-0.39, 0.29) is 5.91 Å². The number of carbonyl (C=O) groups excluding carboxylic acids is 1. The van der Waals surface area contributed by atoms with Crippen LogP contribution in [0.2, 0.25) is 0 Å². The van der Waals surface area contributed by atoms with E-state index in [1.54, 1.807) is 0 Å². The highest BCUT2D eigenvalue weighted by Crippen LogP contribution is 2.14. The molecule has 1 amide bonds. The molecule has 31 heavy (non-hydrogen) atoms. The second-order valence-corrected chi connectivity index (χ2v) is 7.76. The first kappa shape index (κ1) is 22.3. The fourth-order valence-electron chi connectivity index (χ4n) is 3.45. The van der Waals surface area contributed by atoms with Gasteiger partial charge in [0.05, 0.1) is 5.69 Å². The number of aryl methyl sites for hydroxylation is 4. The molecule has 6 nitrogen and oxygen atoms in total. The van der Waals surface area contributed by atoms with Crippen molar-refractivity contribution in [3.63, 3.8) is 0 Å². The van der Waals surface area contributed by atoms with Gasteiger partial charge in [-0.1, -0.05) is 35.4 Å². The first-order valence-electron chi connectivity index (χ1n) is 10.7. The predicted octanol–water partition coefficient (Wildman–Crippen LogP) is 4.58. The molecule has 0 aliphatic rings. The van der Waals surface area contributed by atoms with E-state index >= 15 is 0 Å². The van der Waals surface area contributed by atoms with Gasteiger partial charge in [0.1, 0.15) is 0 Å². The molecular weight excluding hydrogens is 386 g/mol. The second-order valence-electron chi connectivity index (χ2n) is 7.76. The van der Waals surface area contributed by atoms with Gasteiger partial charge in [-0.2, -0.15) is 5.10 Å². The highest BCUT2D eigenvalue weighted by molar-refractivity contribution is 6.09. The molecule has 162 valence electrons. The van der Waals surface area contributed by atoms with Crippen molar-refractivity contribution in [2.24, 2.45) is 4.99 Å². The summed E-state index contributed by atoms with van der Waals surface area (Å²) in [5.41, 5.74) is 7.18. The third kappa shape index (κ3) is 5.81. The highest BCUT2D eigenvalue weighted by atomic mass is 16.1. The molecule has 0 atom stereocenters. The van der Waals surface area contributed by atoms with Crippen LogP contribution in [-0.4, -0.2) is 28.2 Å². The molecule has 1 aromatic heterocycles. The van der Waals surface area contributed by atoms with Crippen molar-refractivity contribution in [1.29, 1.82) is 0 Å². The first-order valence-corrected chi connectivity index (χ1v) is 10.7. The molecule has 0 unspecified atom stereocenters. The van der Waals surface area contributed by atoms with E-state index < -0.39 is 0 Å². The summed E-state index contributed by atoms with van der Waals surface area (Å²) in [4.78, 5) is 17.4. The second kappa shape index (κ2) is 10.1. The van der Waals surface area contributed by atoms with Gasteiger partial charge in [0.25, 0.3) is 5.91 Å². The van der Waals surface area contributed by atoms with Crippen LogP contribution in [0.25, 0.3) is 0 Å². The van der Waals surface area contributed by atoms with Gasteiger partial charge in [0.2, 0.25) is 5.96 Å². The van der Waals surface area contributed by atoms with E-state index in [1.807, 2.05) is 74.0 Å². The van der Waals surface area contributed by atoms with Gasteiger partial charge in [-0.3, -0.25) is 19.8 Å². The molecule has 2 N–H and O–H groups in total. The average Bonchev–Trinajstić information content (AvgIpc) is 3.03. The molecule has 0 spiro atoms. The predicted molar refractivity (Wildman–Crippen MR) is 127 cm³/mol. The van der Waals surface area contributed by atoms with E-state index in [4.69, 9.17) is 0 Å². The van der Waals surface area contributed by atoms with E-state index in [1.165, 1.54) is 16.8 Å². The summed E-state index contributed by atoms with van der Waals surface area (Å²) in [5, 5.41) is 10.8. The molecule has 6 heteroatoms. The number of hydrogen-bond donors (Lipinski definition) is 2. The third-order valence-electron chi connectivity index (χ3n) is 5.32. The fourth-order valence-corrected chi connectivity index (χ4v) is 3.45. The summed E-state index contributed by atoms with van der Waals surface area (Å²) < 4.78 is 2.01. The van der Waals surface area contributed by atoms with Crippen LogP contribution in [0, 0.1) is 27.7 Å². The van der Waals surface area contributed by atoms with Crippen LogP contribution >= 0.6 is 0 Å². The summed E-state index contributed by atoms with van der Waals surface area (Å²) >= 11 is 0. The van der Waals surface area contributed by atoms with Gasteiger partial charge < -0.3 is 5.32 Å². The smallest absolute Gasteiger partial charge is 0.257 e. The van der Waals surface area contributed by atoms with E-state index in [0.29, 0.717) is 18.1 Å². The minimum atomic E-state index is -0.190. The number of anilines is 1. The Morgan fingerprint density at radius 2 is 1.58 bits per heavy atom. The van der Waals surface area contributed by atoms with E-state index in [2.05, 4.69) is 34.6 Å². The zero-order valence-electron chi connectivity index (χ0n) is 19.0. The lowest BCUT2D eigenvalue weighted by Crippen LogP contribution is -2.36. The van der Waals surface area contributed by atoms with Crippen molar-refractivity contribution < 1.29 is 4.79 Å². The lowest BCUT2D eigenvalue weighted by atomic mass is 10.1. The lowest BCUT2D eigenvalue weighted by molar-refractivity contribution is 0.0977. The number of benzene rings is 2. The van der Waals surface area contributed by atoms with Crippen LogP contribution in [-0.2, 0) is 13.0 Å². The molecule has 0 saturated heterocycles. The quantitative estimate of drug-likeness (QED) is 0.456. The average molecular weight is 418 g/mol. The Morgan fingerprint density at radius 1 is 0.968 bits per heavy atom. The molecule has 0 radical (unpaired) electrons. The molecule has 3 rings (SSSR count). The molecule has 3 aromatic rings. The van der Waals surface area contributed by atoms with Crippen LogP contribution in [0.1, 0.15) is 45.4 Å². The highest BCUT2D eigenvalue weighted by Gasteiger charge is 2.12. The molecule has 0 fully saturated rings. The Hall–Kier alpha value is -3.41. The topological polar surface area (TPSA) is 71.3 Å².